The monoisotopic (exact) mass is 563 g/mol. The quantitative estimate of drug-likeness (QED) is 0.113. The topological polar surface area (TPSA) is 37.4 Å². The van der Waals surface area contributed by atoms with Crippen molar-refractivity contribution in [3.05, 3.63) is 131 Å². The molecule has 2 amide bonds. The van der Waals surface area contributed by atoms with Gasteiger partial charge in [-0.3, -0.25) is 9.59 Å². The van der Waals surface area contributed by atoms with Gasteiger partial charge < -0.3 is 0 Å². The Balaban J connectivity index is 1.22. The molecular weight excluding hydrogens is 538 g/mol. The molecule has 1 fully saturated rings. The van der Waals surface area contributed by atoms with Crippen molar-refractivity contribution in [2.75, 3.05) is 0 Å². The number of imide groups is 1. The lowest BCUT2D eigenvalue weighted by atomic mass is 9.82. The van der Waals surface area contributed by atoms with Crippen LogP contribution in [0.4, 0.5) is 0 Å². The molecular formula is C41H25NO2. The van der Waals surface area contributed by atoms with Crippen molar-refractivity contribution in [2.45, 2.75) is 19.3 Å². The molecule has 7 aromatic rings. The van der Waals surface area contributed by atoms with Crippen molar-refractivity contribution in [3.8, 4) is 11.1 Å². The average Bonchev–Trinajstić information content (AvgIpc) is 3.86. The third-order valence-corrected chi connectivity index (χ3v) is 10.9. The van der Waals surface area contributed by atoms with Gasteiger partial charge in [0.2, 0.25) is 0 Å². The molecule has 1 heterocycles. The molecule has 11 rings (SSSR count). The number of amides is 2. The van der Waals surface area contributed by atoms with Crippen molar-refractivity contribution in [3.63, 3.8) is 0 Å². The molecule has 2 unspecified atom stereocenters. The first-order chi connectivity index (χ1) is 21.7. The summed E-state index contributed by atoms with van der Waals surface area (Å²) in [5.74, 6) is 0.411. The van der Waals surface area contributed by atoms with Gasteiger partial charge in [-0.15, -0.1) is 0 Å². The SMILES string of the molecule is O=C1c2ccc3c4ccc5c6c(ccc(c7ccc(c2c37)C(=O)N1C1=CC=CCC2CC12)c64)-c1cccc2cccc(c12)C5. The van der Waals surface area contributed by atoms with E-state index in [2.05, 4.69) is 78.9 Å². The number of hydrogen-bond acceptors (Lipinski definition) is 2. The van der Waals surface area contributed by atoms with E-state index in [1.807, 2.05) is 24.3 Å². The lowest BCUT2D eigenvalue weighted by Crippen LogP contribution is -2.40. The molecule has 3 nitrogen and oxygen atoms in total. The number of rotatable bonds is 1. The van der Waals surface area contributed by atoms with Crippen LogP contribution in [0.5, 0.6) is 0 Å². The Hall–Kier alpha value is -5.28. The third kappa shape index (κ3) is 2.70. The predicted octanol–water partition coefficient (Wildman–Crippen LogP) is 9.54. The van der Waals surface area contributed by atoms with Crippen LogP contribution in [0.25, 0.3) is 65.0 Å². The second-order valence-electron chi connectivity index (χ2n) is 13.1. The summed E-state index contributed by atoms with van der Waals surface area (Å²) in [6, 6.07) is 30.6. The van der Waals surface area contributed by atoms with Crippen LogP contribution in [0.3, 0.4) is 0 Å². The maximum Gasteiger partial charge on any atom is 0.265 e. The van der Waals surface area contributed by atoms with E-state index in [0.29, 0.717) is 17.0 Å². The van der Waals surface area contributed by atoms with Crippen LogP contribution in [0, 0.1) is 11.8 Å². The Morgan fingerprint density at radius 3 is 1.93 bits per heavy atom. The van der Waals surface area contributed by atoms with E-state index in [-0.39, 0.29) is 17.7 Å². The number of nitrogens with zero attached hydrogens (tertiary/aromatic N) is 1. The second-order valence-corrected chi connectivity index (χ2v) is 13.1. The van der Waals surface area contributed by atoms with Gasteiger partial charge in [-0.05, 0) is 114 Å². The summed E-state index contributed by atoms with van der Waals surface area (Å²) in [7, 11) is 0. The van der Waals surface area contributed by atoms with Gasteiger partial charge in [-0.2, -0.15) is 0 Å². The minimum absolute atomic E-state index is 0.197. The Morgan fingerprint density at radius 1 is 0.568 bits per heavy atom. The lowest BCUT2D eigenvalue weighted by Gasteiger charge is -2.30. The van der Waals surface area contributed by atoms with E-state index in [1.54, 1.807) is 0 Å². The van der Waals surface area contributed by atoms with Gasteiger partial charge in [0.1, 0.15) is 0 Å². The normalized spacial score (nSPS) is 20.1. The van der Waals surface area contributed by atoms with Crippen LogP contribution in [0.1, 0.15) is 44.7 Å². The highest BCUT2D eigenvalue weighted by molar-refractivity contribution is 6.39. The fourth-order valence-electron chi connectivity index (χ4n) is 8.91. The Morgan fingerprint density at radius 2 is 1.18 bits per heavy atom. The summed E-state index contributed by atoms with van der Waals surface area (Å²) in [4.78, 5) is 29.8. The number of benzene rings is 7. The maximum absolute atomic E-state index is 14.2. The molecule has 0 saturated heterocycles. The molecule has 0 radical (unpaired) electrons. The Labute approximate surface area is 253 Å². The van der Waals surface area contributed by atoms with Crippen LogP contribution in [-0.2, 0) is 6.42 Å². The van der Waals surface area contributed by atoms with Gasteiger partial charge in [0.05, 0.1) is 0 Å². The molecule has 7 aromatic carbocycles. The lowest BCUT2D eigenvalue weighted by molar-refractivity contribution is 0.0653. The van der Waals surface area contributed by atoms with E-state index < -0.39 is 0 Å². The van der Waals surface area contributed by atoms with Gasteiger partial charge in [0.25, 0.3) is 11.8 Å². The zero-order valence-corrected chi connectivity index (χ0v) is 23.9. The van der Waals surface area contributed by atoms with Gasteiger partial charge in [-0.25, -0.2) is 4.90 Å². The molecule has 0 N–H and O–H groups in total. The Bertz CT molecular complexity index is 2510. The maximum atomic E-state index is 14.2. The fourth-order valence-corrected chi connectivity index (χ4v) is 8.91. The molecule has 1 aliphatic heterocycles. The van der Waals surface area contributed by atoms with E-state index in [4.69, 9.17) is 0 Å². The molecule has 206 valence electrons. The average molecular weight is 564 g/mol. The Kier molecular flexibility index (Phi) is 4.12. The second kappa shape index (κ2) is 7.81. The molecule has 0 aromatic heterocycles. The third-order valence-electron chi connectivity index (χ3n) is 10.9. The number of hydrogen-bond donors (Lipinski definition) is 0. The van der Waals surface area contributed by atoms with Crippen molar-refractivity contribution < 1.29 is 9.59 Å². The summed E-state index contributed by atoms with van der Waals surface area (Å²) in [6.07, 6.45) is 9.08. The van der Waals surface area contributed by atoms with E-state index >= 15 is 0 Å². The largest absolute Gasteiger partial charge is 0.268 e. The van der Waals surface area contributed by atoms with Gasteiger partial charge in [-0.1, -0.05) is 84.9 Å². The predicted molar refractivity (Wildman–Crippen MR) is 177 cm³/mol. The van der Waals surface area contributed by atoms with E-state index in [0.717, 1.165) is 46.5 Å². The highest BCUT2D eigenvalue weighted by Crippen LogP contribution is 2.52. The van der Waals surface area contributed by atoms with Crippen LogP contribution in [0.15, 0.2) is 109 Å². The number of carbonyl (C=O) groups is 2. The summed E-state index contributed by atoms with van der Waals surface area (Å²) in [5, 5.41) is 11.6. The van der Waals surface area contributed by atoms with E-state index in [9.17, 15) is 9.59 Å². The first kappa shape index (κ1) is 23.2. The molecule has 4 aliphatic rings. The first-order valence-electron chi connectivity index (χ1n) is 15.6. The molecule has 3 aliphatic carbocycles. The molecule has 44 heavy (non-hydrogen) atoms. The van der Waals surface area contributed by atoms with Crippen molar-refractivity contribution in [2.24, 2.45) is 11.8 Å². The minimum Gasteiger partial charge on any atom is -0.268 e. The van der Waals surface area contributed by atoms with Gasteiger partial charge >= 0.3 is 0 Å². The molecule has 2 atom stereocenters. The zero-order chi connectivity index (χ0) is 28.8. The minimum atomic E-state index is -0.197. The smallest absolute Gasteiger partial charge is 0.265 e. The molecule has 3 heteroatoms. The fraction of sp³-hybridized carbons (Fsp3) is 0.122. The first-order valence-corrected chi connectivity index (χ1v) is 15.6. The van der Waals surface area contributed by atoms with E-state index in [1.165, 1.54) is 59.5 Å². The number of fused-ring (bicyclic) bond motifs is 4. The summed E-state index contributed by atoms with van der Waals surface area (Å²) < 4.78 is 0. The van der Waals surface area contributed by atoms with Crippen LogP contribution in [-0.4, -0.2) is 16.7 Å². The zero-order valence-electron chi connectivity index (χ0n) is 23.9. The van der Waals surface area contributed by atoms with Crippen molar-refractivity contribution in [1.29, 1.82) is 0 Å². The van der Waals surface area contributed by atoms with Gasteiger partial charge in [0, 0.05) is 28.1 Å². The number of allylic oxidation sites excluding steroid dienone is 4. The molecule has 0 bridgehead atoms. The van der Waals surface area contributed by atoms with Crippen LogP contribution in [0.2, 0.25) is 0 Å². The van der Waals surface area contributed by atoms with Gasteiger partial charge in [0.15, 0.2) is 0 Å². The highest BCUT2D eigenvalue weighted by atomic mass is 16.2. The van der Waals surface area contributed by atoms with Crippen LogP contribution >= 0.6 is 0 Å². The summed E-state index contributed by atoms with van der Waals surface area (Å²) >= 11 is 0. The van der Waals surface area contributed by atoms with Crippen molar-refractivity contribution in [1.82, 2.24) is 4.90 Å². The van der Waals surface area contributed by atoms with Crippen molar-refractivity contribution >= 4 is 65.7 Å². The number of carbonyl (C=O) groups excluding carboxylic acids is 2. The standard InChI is InChI=1S/C41H25NO2/c43-40-31-17-15-29-27-12-11-24-19-23-8-3-6-21-7-4-9-25(35(21)23)26-13-14-28(37(27)36(24)26)30-16-18-32(39(31)38(29)30)41(44)42(40)34-10-2-1-5-22-20-33(22)34/h1-4,6-18,22,33H,5,19-20H2. The summed E-state index contributed by atoms with van der Waals surface area (Å²) in [6.45, 7) is 0. The van der Waals surface area contributed by atoms with Crippen LogP contribution < -0.4 is 0 Å². The summed E-state index contributed by atoms with van der Waals surface area (Å²) in [5.41, 5.74) is 7.36. The molecule has 1 saturated carbocycles. The highest BCUT2D eigenvalue weighted by Gasteiger charge is 2.46. The molecule has 0 spiro atoms.